The van der Waals surface area contributed by atoms with Crippen LogP contribution in [0.2, 0.25) is 0 Å². The Bertz CT molecular complexity index is 382. The lowest BCUT2D eigenvalue weighted by Gasteiger charge is -2.12. The first-order valence-electron chi connectivity index (χ1n) is 4.99. The van der Waals surface area contributed by atoms with Crippen LogP contribution in [0.25, 0.3) is 0 Å². The van der Waals surface area contributed by atoms with E-state index in [1.54, 1.807) is 12.3 Å². The summed E-state index contributed by atoms with van der Waals surface area (Å²) in [6.45, 7) is 1.99. The van der Waals surface area contributed by atoms with Crippen LogP contribution in [0.4, 0.5) is 0 Å². The largest absolute Gasteiger partial charge is 0.466 e. The van der Waals surface area contributed by atoms with Crippen molar-refractivity contribution in [2.24, 2.45) is 0 Å². The van der Waals surface area contributed by atoms with Crippen molar-refractivity contribution in [2.45, 2.75) is 19.4 Å². The number of aromatic nitrogens is 1. The number of aldehydes is 1. The third-order valence-electron chi connectivity index (χ3n) is 1.79. The van der Waals surface area contributed by atoms with E-state index < -0.39 is 6.10 Å². The molecule has 17 heavy (non-hydrogen) atoms. The quantitative estimate of drug-likeness (QED) is 0.568. The van der Waals surface area contributed by atoms with Crippen LogP contribution in [-0.4, -0.2) is 30.5 Å². The fourth-order valence-corrected chi connectivity index (χ4v) is 2.47. The van der Waals surface area contributed by atoms with Gasteiger partial charge in [0.05, 0.1) is 13.0 Å². The molecule has 1 atom stereocenters. The molecule has 94 valence electrons. The summed E-state index contributed by atoms with van der Waals surface area (Å²) in [7, 11) is 0. The van der Waals surface area contributed by atoms with Crippen molar-refractivity contribution >= 4 is 39.5 Å². The van der Waals surface area contributed by atoms with E-state index in [-0.39, 0.29) is 19.0 Å². The summed E-state index contributed by atoms with van der Waals surface area (Å²) in [4.78, 5) is 25.8. The number of halogens is 1. The Hall–Kier alpha value is -0.790. The molecule has 0 amide bonds. The lowest BCUT2D eigenvalue weighted by atomic mass is 10.2. The van der Waals surface area contributed by atoms with Crippen molar-refractivity contribution in [3.63, 3.8) is 0 Å². The summed E-state index contributed by atoms with van der Waals surface area (Å²) in [6.07, 6.45) is 0.165. The van der Waals surface area contributed by atoms with Gasteiger partial charge in [0, 0.05) is 5.38 Å². The molecule has 0 spiro atoms. The second-order valence-corrected chi connectivity index (χ2v) is 4.71. The molecular weight excluding hydrogens is 310 g/mol. The third-order valence-corrected chi connectivity index (χ3v) is 3.44. The average Bonchev–Trinajstić information content (AvgIpc) is 2.71. The molecule has 1 aromatic heterocycles. The minimum absolute atomic E-state index is 0.0572. The maximum absolute atomic E-state index is 11.4. The molecule has 1 unspecified atom stereocenters. The molecule has 0 aliphatic rings. The van der Waals surface area contributed by atoms with Gasteiger partial charge in [-0.2, -0.15) is 0 Å². The third kappa shape index (κ3) is 4.93. The Labute approximate surface area is 111 Å². The summed E-state index contributed by atoms with van der Waals surface area (Å²) in [5, 5.41) is 2.43. The maximum atomic E-state index is 11.4. The number of carbonyl (C=O) groups is 2. The molecule has 1 aromatic rings. The van der Waals surface area contributed by atoms with Crippen molar-refractivity contribution in [3.8, 4) is 0 Å². The second-order valence-electron chi connectivity index (χ2n) is 3.01. The van der Waals surface area contributed by atoms with Crippen molar-refractivity contribution in [3.05, 3.63) is 15.0 Å². The monoisotopic (exact) mass is 321 g/mol. The van der Waals surface area contributed by atoms with E-state index in [0.717, 1.165) is 0 Å². The number of hydrogen-bond acceptors (Lipinski definition) is 6. The van der Waals surface area contributed by atoms with Gasteiger partial charge in [0.15, 0.2) is 0 Å². The molecule has 1 heterocycles. The summed E-state index contributed by atoms with van der Waals surface area (Å²) in [6, 6.07) is 0. The highest BCUT2D eigenvalue weighted by Gasteiger charge is 2.20. The van der Waals surface area contributed by atoms with Gasteiger partial charge in [-0.15, -0.1) is 11.3 Å². The topological polar surface area (TPSA) is 65.5 Å². The predicted molar refractivity (Wildman–Crippen MR) is 65.8 cm³/mol. The molecule has 0 bridgehead atoms. The SMILES string of the molecule is CCOC(=O)CC(OCC=O)c1nc(Br)cs1. The van der Waals surface area contributed by atoms with E-state index in [0.29, 0.717) is 22.5 Å². The van der Waals surface area contributed by atoms with Crippen LogP contribution < -0.4 is 0 Å². The lowest BCUT2D eigenvalue weighted by molar-refractivity contribution is -0.147. The van der Waals surface area contributed by atoms with Gasteiger partial charge in [-0.3, -0.25) is 4.79 Å². The minimum Gasteiger partial charge on any atom is -0.466 e. The zero-order valence-electron chi connectivity index (χ0n) is 9.22. The van der Waals surface area contributed by atoms with Crippen LogP contribution in [0.15, 0.2) is 9.98 Å². The minimum atomic E-state index is -0.532. The molecule has 5 nitrogen and oxygen atoms in total. The van der Waals surface area contributed by atoms with Crippen molar-refractivity contribution < 1.29 is 19.1 Å². The van der Waals surface area contributed by atoms with E-state index in [2.05, 4.69) is 20.9 Å². The Kier molecular flexibility index (Phi) is 6.31. The first kappa shape index (κ1) is 14.3. The van der Waals surface area contributed by atoms with Crippen LogP contribution in [0, 0.1) is 0 Å². The second kappa shape index (κ2) is 7.52. The summed E-state index contributed by atoms with van der Waals surface area (Å²) in [5.41, 5.74) is 0. The smallest absolute Gasteiger partial charge is 0.308 e. The molecule has 0 aromatic carbocycles. The van der Waals surface area contributed by atoms with Gasteiger partial charge in [-0.25, -0.2) is 4.98 Å². The zero-order chi connectivity index (χ0) is 12.7. The number of carbonyl (C=O) groups excluding carboxylic acids is 2. The molecule has 0 saturated heterocycles. The summed E-state index contributed by atoms with van der Waals surface area (Å²) in [5.74, 6) is -0.366. The highest BCUT2D eigenvalue weighted by Crippen LogP contribution is 2.26. The van der Waals surface area contributed by atoms with E-state index in [4.69, 9.17) is 9.47 Å². The summed E-state index contributed by atoms with van der Waals surface area (Å²) >= 11 is 4.59. The van der Waals surface area contributed by atoms with Gasteiger partial charge in [0.2, 0.25) is 0 Å². The molecule has 1 rings (SSSR count). The highest BCUT2D eigenvalue weighted by atomic mass is 79.9. The van der Waals surface area contributed by atoms with E-state index in [9.17, 15) is 9.59 Å². The fraction of sp³-hybridized carbons (Fsp3) is 0.500. The Balaban J connectivity index is 2.66. The van der Waals surface area contributed by atoms with Gasteiger partial charge in [-0.1, -0.05) is 0 Å². The average molecular weight is 322 g/mol. The van der Waals surface area contributed by atoms with Crippen molar-refractivity contribution in [1.82, 2.24) is 4.98 Å². The van der Waals surface area contributed by atoms with Crippen molar-refractivity contribution in [1.29, 1.82) is 0 Å². The number of rotatable bonds is 7. The molecule has 7 heteroatoms. The van der Waals surface area contributed by atoms with Gasteiger partial charge in [0.1, 0.15) is 28.6 Å². The Morgan fingerprint density at radius 3 is 3.00 bits per heavy atom. The first-order chi connectivity index (χ1) is 8.17. The number of esters is 1. The van der Waals surface area contributed by atoms with Crippen LogP contribution in [0.3, 0.4) is 0 Å². The maximum Gasteiger partial charge on any atom is 0.308 e. The molecule has 0 radical (unpaired) electrons. The van der Waals surface area contributed by atoms with Crippen LogP contribution in [0.5, 0.6) is 0 Å². The van der Waals surface area contributed by atoms with Crippen LogP contribution in [-0.2, 0) is 19.1 Å². The van der Waals surface area contributed by atoms with Gasteiger partial charge in [-0.05, 0) is 22.9 Å². The molecule has 0 aliphatic heterocycles. The highest BCUT2D eigenvalue weighted by molar-refractivity contribution is 9.10. The Morgan fingerprint density at radius 2 is 2.47 bits per heavy atom. The van der Waals surface area contributed by atoms with E-state index in [1.807, 2.05) is 0 Å². The standard InChI is InChI=1S/C10H12BrNO4S/c1-2-15-9(14)5-7(16-4-3-13)10-12-8(11)6-17-10/h3,6-7H,2,4-5H2,1H3. The van der Waals surface area contributed by atoms with Crippen LogP contribution in [0.1, 0.15) is 24.5 Å². The number of ether oxygens (including phenoxy) is 2. The number of nitrogens with zero attached hydrogens (tertiary/aromatic N) is 1. The first-order valence-corrected chi connectivity index (χ1v) is 6.66. The number of thiazole rings is 1. The summed E-state index contributed by atoms with van der Waals surface area (Å²) < 4.78 is 10.8. The molecule has 0 saturated carbocycles. The fourth-order valence-electron chi connectivity index (χ4n) is 1.16. The van der Waals surface area contributed by atoms with Gasteiger partial charge in [0.25, 0.3) is 0 Å². The van der Waals surface area contributed by atoms with Crippen molar-refractivity contribution in [2.75, 3.05) is 13.2 Å². The molecule has 0 fully saturated rings. The lowest BCUT2D eigenvalue weighted by Crippen LogP contribution is -2.14. The zero-order valence-corrected chi connectivity index (χ0v) is 11.6. The number of hydrogen-bond donors (Lipinski definition) is 0. The normalized spacial score (nSPS) is 12.1. The van der Waals surface area contributed by atoms with Gasteiger partial charge >= 0.3 is 5.97 Å². The van der Waals surface area contributed by atoms with E-state index in [1.165, 1.54) is 11.3 Å². The van der Waals surface area contributed by atoms with Gasteiger partial charge < -0.3 is 14.3 Å². The molecule has 0 N–H and O–H groups in total. The molecule has 0 aliphatic carbocycles. The van der Waals surface area contributed by atoms with E-state index >= 15 is 0 Å². The Morgan fingerprint density at radius 1 is 1.71 bits per heavy atom. The predicted octanol–water partition coefficient (Wildman–Crippen LogP) is 2.12. The molecular formula is C10H12BrNO4S. The van der Waals surface area contributed by atoms with Crippen LogP contribution >= 0.6 is 27.3 Å².